The minimum atomic E-state index is 0.374. The highest BCUT2D eigenvalue weighted by Gasteiger charge is 2.12. The summed E-state index contributed by atoms with van der Waals surface area (Å²) in [7, 11) is 0. The first-order chi connectivity index (χ1) is 9.26. The van der Waals surface area contributed by atoms with Crippen LogP contribution in [0.3, 0.4) is 0 Å². The molecule has 3 rings (SSSR count). The van der Waals surface area contributed by atoms with E-state index in [1.807, 2.05) is 12.1 Å². The maximum Gasteiger partial charge on any atom is 0.276 e. The Morgan fingerprint density at radius 2 is 2.05 bits per heavy atom. The minimum absolute atomic E-state index is 0.374. The van der Waals surface area contributed by atoms with Gasteiger partial charge >= 0.3 is 0 Å². The van der Waals surface area contributed by atoms with Crippen LogP contribution in [0.5, 0.6) is 0 Å². The summed E-state index contributed by atoms with van der Waals surface area (Å²) in [5, 5.41) is 10.5. The van der Waals surface area contributed by atoms with Gasteiger partial charge in [-0.1, -0.05) is 36.3 Å². The second kappa shape index (κ2) is 4.56. The molecule has 0 spiro atoms. The molecular weight excluding hydrogens is 242 g/mol. The van der Waals surface area contributed by atoms with Crippen LogP contribution in [0.2, 0.25) is 0 Å². The second-order valence-corrected chi connectivity index (χ2v) is 4.18. The standard InChI is InChI=1S/C13H13N5O/c1-2-8-3-5-9(6-4-8)12-15-13(19-18-12)10-7-11(14)17-16-10/h3-7H,2H2,1H3,(H3,14,16,17). The molecule has 6 nitrogen and oxygen atoms in total. The van der Waals surface area contributed by atoms with E-state index in [1.54, 1.807) is 6.07 Å². The van der Waals surface area contributed by atoms with Crippen LogP contribution in [0, 0.1) is 0 Å². The molecule has 0 amide bonds. The van der Waals surface area contributed by atoms with Gasteiger partial charge in [-0.05, 0) is 12.0 Å². The van der Waals surface area contributed by atoms with Crippen molar-refractivity contribution in [2.75, 3.05) is 5.73 Å². The lowest BCUT2D eigenvalue weighted by molar-refractivity contribution is 0.431. The maximum absolute atomic E-state index is 5.53. The largest absolute Gasteiger partial charge is 0.382 e. The van der Waals surface area contributed by atoms with Gasteiger partial charge in [0.25, 0.3) is 5.89 Å². The van der Waals surface area contributed by atoms with Crippen LogP contribution in [0.25, 0.3) is 23.0 Å². The van der Waals surface area contributed by atoms with Crippen LogP contribution in [-0.4, -0.2) is 20.3 Å². The van der Waals surface area contributed by atoms with Crippen molar-refractivity contribution in [1.82, 2.24) is 20.3 Å². The van der Waals surface area contributed by atoms with Crippen molar-refractivity contribution in [3.05, 3.63) is 35.9 Å². The third-order valence-corrected chi connectivity index (χ3v) is 2.87. The first kappa shape index (κ1) is 11.5. The van der Waals surface area contributed by atoms with Crippen molar-refractivity contribution < 1.29 is 4.52 Å². The zero-order valence-electron chi connectivity index (χ0n) is 10.4. The van der Waals surface area contributed by atoms with Gasteiger partial charge in [0.1, 0.15) is 11.5 Å². The topological polar surface area (TPSA) is 93.6 Å². The molecule has 19 heavy (non-hydrogen) atoms. The number of aryl methyl sites for hydroxylation is 1. The molecule has 0 aliphatic rings. The molecule has 0 atom stereocenters. The molecule has 0 fully saturated rings. The maximum atomic E-state index is 5.53. The number of hydrogen-bond donors (Lipinski definition) is 2. The van der Waals surface area contributed by atoms with E-state index in [4.69, 9.17) is 10.3 Å². The zero-order chi connectivity index (χ0) is 13.2. The molecular formula is C13H13N5O. The lowest BCUT2D eigenvalue weighted by Crippen LogP contribution is -1.83. The number of anilines is 1. The van der Waals surface area contributed by atoms with Crippen LogP contribution in [0.15, 0.2) is 34.9 Å². The molecule has 0 unspecified atom stereocenters. The van der Waals surface area contributed by atoms with Gasteiger partial charge in [-0.3, -0.25) is 5.10 Å². The van der Waals surface area contributed by atoms with Crippen molar-refractivity contribution in [2.24, 2.45) is 0 Å². The molecule has 0 saturated carbocycles. The molecule has 0 aliphatic heterocycles. The lowest BCUT2D eigenvalue weighted by Gasteiger charge is -1.97. The van der Waals surface area contributed by atoms with Crippen molar-refractivity contribution in [2.45, 2.75) is 13.3 Å². The second-order valence-electron chi connectivity index (χ2n) is 4.18. The third kappa shape index (κ3) is 2.20. The van der Waals surface area contributed by atoms with E-state index in [9.17, 15) is 0 Å². The predicted octanol–water partition coefficient (Wildman–Crippen LogP) is 2.27. The predicted molar refractivity (Wildman–Crippen MR) is 71.1 cm³/mol. The highest BCUT2D eigenvalue weighted by atomic mass is 16.5. The Kier molecular flexibility index (Phi) is 2.75. The molecule has 0 radical (unpaired) electrons. The van der Waals surface area contributed by atoms with Crippen LogP contribution in [0.4, 0.5) is 5.82 Å². The summed E-state index contributed by atoms with van der Waals surface area (Å²) in [6.07, 6.45) is 1.01. The molecule has 0 saturated heterocycles. The fraction of sp³-hybridized carbons (Fsp3) is 0.154. The number of hydrogen-bond acceptors (Lipinski definition) is 5. The van der Waals surface area contributed by atoms with E-state index in [0.717, 1.165) is 12.0 Å². The third-order valence-electron chi connectivity index (χ3n) is 2.87. The van der Waals surface area contributed by atoms with Crippen molar-refractivity contribution >= 4 is 5.82 Å². The smallest absolute Gasteiger partial charge is 0.276 e. The molecule has 0 aliphatic carbocycles. The highest BCUT2D eigenvalue weighted by molar-refractivity contribution is 5.59. The number of rotatable bonds is 3. The Labute approximate surface area is 109 Å². The summed E-state index contributed by atoms with van der Waals surface area (Å²) in [4.78, 5) is 4.31. The van der Waals surface area contributed by atoms with Crippen LogP contribution in [-0.2, 0) is 6.42 Å². The molecule has 3 N–H and O–H groups in total. The molecule has 6 heteroatoms. The van der Waals surface area contributed by atoms with Crippen molar-refractivity contribution in [3.8, 4) is 23.0 Å². The van der Waals surface area contributed by atoms with Gasteiger partial charge in [0.05, 0.1) is 0 Å². The lowest BCUT2D eigenvalue weighted by atomic mass is 10.1. The average molecular weight is 255 g/mol. The van der Waals surface area contributed by atoms with Gasteiger partial charge in [-0.2, -0.15) is 10.1 Å². The minimum Gasteiger partial charge on any atom is -0.382 e. The Hall–Kier alpha value is -2.63. The van der Waals surface area contributed by atoms with E-state index in [-0.39, 0.29) is 0 Å². The molecule has 2 heterocycles. The van der Waals surface area contributed by atoms with E-state index in [2.05, 4.69) is 39.4 Å². The average Bonchev–Trinajstić information content (AvgIpc) is 3.07. The van der Waals surface area contributed by atoms with Gasteiger partial charge in [-0.15, -0.1) is 0 Å². The van der Waals surface area contributed by atoms with E-state index in [1.165, 1.54) is 5.56 Å². The zero-order valence-corrected chi connectivity index (χ0v) is 10.4. The summed E-state index contributed by atoms with van der Waals surface area (Å²) in [5.41, 5.74) is 8.33. The first-order valence-corrected chi connectivity index (χ1v) is 6.00. The molecule has 3 aromatic rings. The monoisotopic (exact) mass is 255 g/mol. The number of H-pyrrole nitrogens is 1. The number of benzene rings is 1. The summed E-state index contributed by atoms with van der Waals surface area (Å²) >= 11 is 0. The van der Waals surface area contributed by atoms with Gasteiger partial charge in [0.15, 0.2) is 0 Å². The number of nitrogens with one attached hydrogen (secondary N) is 1. The van der Waals surface area contributed by atoms with Crippen LogP contribution < -0.4 is 5.73 Å². The number of nitrogens with zero attached hydrogens (tertiary/aromatic N) is 3. The van der Waals surface area contributed by atoms with E-state index < -0.39 is 0 Å². The number of aromatic nitrogens is 4. The number of nitrogen functional groups attached to an aromatic ring is 1. The molecule has 1 aromatic carbocycles. The van der Waals surface area contributed by atoms with Gasteiger partial charge in [-0.25, -0.2) is 0 Å². The summed E-state index contributed by atoms with van der Waals surface area (Å²) < 4.78 is 5.19. The van der Waals surface area contributed by atoms with Gasteiger partial charge < -0.3 is 10.3 Å². The first-order valence-electron chi connectivity index (χ1n) is 6.00. The van der Waals surface area contributed by atoms with Gasteiger partial charge in [0.2, 0.25) is 5.82 Å². The van der Waals surface area contributed by atoms with E-state index in [0.29, 0.717) is 23.2 Å². The Morgan fingerprint density at radius 1 is 1.26 bits per heavy atom. The normalized spacial score (nSPS) is 10.8. The van der Waals surface area contributed by atoms with Crippen LogP contribution >= 0.6 is 0 Å². The summed E-state index contributed by atoms with van der Waals surface area (Å²) in [6, 6.07) is 9.72. The Balaban J connectivity index is 1.91. The van der Waals surface area contributed by atoms with Gasteiger partial charge in [0, 0.05) is 11.6 Å². The summed E-state index contributed by atoms with van der Waals surface area (Å²) in [6.45, 7) is 2.12. The molecule has 2 aromatic heterocycles. The van der Waals surface area contributed by atoms with Crippen LogP contribution in [0.1, 0.15) is 12.5 Å². The quantitative estimate of drug-likeness (QED) is 0.748. The van der Waals surface area contributed by atoms with Crippen molar-refractivity contribution in [1.29, 1.82) is 0 Å². The van der Waals surface area contributed by atoms with Crippen molar-refractivity contribution in [3.63, 3.8) is 0 Å². The summed E-state index contributed by atoms with van der Waals surface area (Å²) in [5.74, 6) is 1.31. The Morgan fingerprint density at radius 3 is 2.68 bits per heavy atom. The molecule has 96 valence electrons. The Bertz CT molecular complexity index is 683. The number of nitrogens with two attached hydrogens (primary N) is 1. The fourth-order valence-electron chi connectivity index (χ4n) is 1.79. The number of aromatic amines is 1. The fourth-order valence-corrected chi connectivity index (χ4v) is 1.79. The molecule has 0 bridgehead atoms. The SMILES string of the molecule is CCc1ccc(-c2noc(-c3cc(N)n[nH]3)n2)cc1. The van der Waals surface area contributed by atoms with E-state index >= 15 is 0 Å². The highest BCUT2D eigenvalue weighted by Crippen LogP contribution is 2.22.